The highest BCUT2D eigenvalue weighted by Crippen LogP contribution is 2.25. The van der Waals surface area contributed by atoms with Crippen molar-refractivity contribution < 1.29 is 22.6 Å². The molecule has 0 aliphatic carbocycles. The number of methoxy groups -OCH3 is 1. The van der Waals surface area contributed by atoms with Crippen LogP contribution in [0.2, 0.25) is 0 Å². The molecule has 0 amide bonds. The number of alkyl halides is 3. The van der Waals surface area contributed by atoms with Crippen molar-refractivity contribution >= 4 is 0 Å². The minimum Gasteiger partial charge on any atom is -0.497 e. The molecule has 5 heteroatoms. The summed E-state index contributed by atoms with van der Waals surface area (Å²) in [5.41, 5.74) is 0. The quantitative estimate of drug-likeness (QED) is 0.714. The van der Waals surface area contributed by atoms with Crippen LogP contribution < -0.4 is 9.47 Å². The van der Waals surface area contributed by atoms with Crippen LogP contribution in [0.4, 0.5) is 13.2 Å². The predicted octanol–water partition coefficient (Wildman–Crippen LogP) is 2.39. The van der Waals surface area contributed by atoms with Crippen molar-refractivity contribution in [2.45, 2.75) is 6.36 Å². The molecule has 0 N–H and O–H groups in total. The summed E-state index contributed by atoms with van der Waals surface area (Å²) in [6, 6.07) is 6.07. The summed E-state index contributed by atoms with van der Waals surface area (Å²) in [5, 5.41) is 0. The number of hydrogen-bond donors (Lipinski definition) is 0. The van der Waals surface area contributed by atoms with Crippen LogP contribution in [-0.2, 0) is 0 Å². The Morgan fingerprint density at radius 1 is 1.23 bits per heavy atom. The summed E-state index contributed by atoms with van der Waals surface area (Å²) < 4.78 is 43.4. The molecule has 0 aliphatic rings. The molecule has 0 aliphatic heterocycles. The lowest BCUT2D eigenvalue weighted by molar-refractivity contribution is -0.274. The van der Waals surface area contributed by atoms with E-state index in [2.05, 4.69) is 10.8 Å². The van der Waals surface area contributed by atoms with Crippen LogP contribution in [0.3, 0.4) is 0 Å². The van der Waals surface area contributed by atoms with Crippen molar-refractivity contribution in [3.8, 4) is 11.5 Å². The molecule has 1 radical (unpaired) electrons. The van der Waals surface area contributed by atoms with Crippen molar-refractivity contribution in [2.24, 2.45) is 0 Å². The van der Waals surface area contributed by atoms with E-state index in [9.17, 15) is 13.2 Å². The highest BCUT2D eigenvalue weighted by molar-refractivity contribution is 5.32. The van der Waals surface area contributed by atoms with Crippen molar-refractivity contribution in [1.82, 2.24) is 0 Å². The average Bonchev–Trinajstić information content (AvgIpc) is 2.01. The third-order valence-electron chi connectivity index (χ3n) is 1.20. The molecular weight excluding hydrogens is 185 g/mol. The maximum atomic E-state index is 11.7. The Morgan fingerprint density at radius 2 is 1.85 bits per heavy atom. The van der Waals surface area contributed by atoms with Gasteiger partial charge in [0.15, 0.2) is 0 Å². The molecule has 0 unspecified atom stereocenters. The zero-order chi connectivity index (χ0) is 9.90. The molecule has 2 nitrogen and oxygen atoms in total. The highest BCUT2D eigenvalue weighted by Gasteiger charge is 2.31. The minimum atomic E-state index is -4.68. The van der Waals surface area contributed by atoms with E-state index in [0.717, 1.165) is 12.1 Å². The van der Waals surface area contributed by atoms with E-state index in [0.29, 0.717) is 0 Å². The lowest BCUT2D eigenvalue weighted by Gasteiger charge is -2.08. The van der Waals surface area contributed by atoms with Crippen molar-refractivity contribution in [3.63, 3.8) is 0 Å². The number of rotatable bonds is 2. The Kier molecular flexibility index (Phi) is 2.65. The van der Waals surface area contributed by atoms with Crippen LogP contribution in [0.25, 0.3) is 0 Å². The Labute approximate surface area is 72.9 Å². The van der Waals surface area contributed by atoms with Crippen LogP contribution in [0, 0.1) is 6.07 Å². The monoisotopic (exact) mass is 191 g/mol. The largest absolute Gasteiger partial charge is 0.573 e. The minimum absolute atomic E-state index is 0.266. The summed E-state index contributed by atoms with van der Waals surface area (Å²) in [7, 11) is 1.35. The normalized spacial score (nSPS) is 11.1. The first-order chi connectivity index (χ1) is 6.01. The van der Waals surface area contributed by atoms with Gasteiger partial charge in [0.25, 0.3) is 0 Å². The third-order valence-corrected chi connectivity index (χ3v) is 1.20. The zero-order valence-electron chi connectivity index (χ0n) is 6.68. The van der Waals surface area contributed by atoms with Crippen molar-refractivity contribution in [3.05, 3.63) is 24.3 Å². The third kappa shape index (κ3) is 3.23. The van der Waals surface area contributed by atoms with Gasteiger partial charge < -0.3 is 9.47 Å². The van der Waals surface area contributed by atoms with E-state index >= 15 is 0 Å². The molecule has 13 heavy (non-hydrogen) atoms. The topological polar surface area (TPSA) is 18.5 Å². The Balaban J connectivity index is 2.78. The number of halogens is 3. The van der Waals surface area contributed by atoms with E-state index in [-0.39, 0.29) is 11.5 Å². The van der Waals surface area contributed by atoms with Gasteiger partial charge in [0.1, 0.15) is 11.5 Å². The second kappa shape index (κ2) is 3.55. The first-order valence-corrected chi connectivity index (χ1v) is 3.32. The van der Waals surface area contributed by atoms with Crippen LogP contribution >= 0.6 is 0 Å². The Hall–Kier alpha value is -1.39. The molecule has 0 bridgehead atoms. The summed E-state index contributed by atoms with van der Waals surface area (Å²) in [5.74, 6) is -0.0754. The van der Waals surface area contributed by atoms with E-state index in [1.807, 2.05) is 0 Å². The van der Waals surface area contributed by atoms with Gasteiger partial charge in [-0.05, 0) is 18.2 Å². The number of benzene rings is 1. The number of ether oxygens (including phenoxy) is 2. The lowest BCUT2D eigenvalue weighted by atomic mass is 10.3. The van der Waals surface area contributed by atoms with E-state index < -0.39 is 6.36 Å². The summed E-state index contributed by atoms with van der Waals surface area (Å²) in [6.07, 6.45) is -4.68. The van der Waals surface area contributed by atoms with Crippen LogP contribution in [0.5, 0.6) is 11.5 Å². The average molecular weight is 191 g/mol. The Morgan fingerprint density at radius 3 is 2.38 bits per heavy atom. The van der Waals surface area contributed by atoms with Crippen molar-refractivity contribution in [2.75, 3.05) is 7.11 Å². The van der Waals surface area contributed by atoms with Gasteiger partial charge in [0.05, 0.1) is 7.11 Å². The van der Waals surface area contributed by atoms with Gasteiger partial charge in [-0.1, -0.05) is 0 Å². The summed E-state index contributed by atoms with van der Waals surface area (Å²) in [6.45, 7) is 0. The van der Waals surface area contributed by atoms with Gasteiger partial charge in [-0.3, -0.25) is 0 Å². The van der Waals surface area contributed by atoms with Crippen LogP contribution in [-0.4, -0.2) is 13.5 Å². The second-order valence-electron chi connectivity index (χ2n) is 2.16. The summed E-state index contributed by atoms with van der Waals surface area (Å²) >= 11 is 0. The van der Waals surface area contributed by atoms with E-state index in [1.54, 1.807) is 0 Å². The molecule has 71 valence electrons. The standard InChI is InChI=1S/C8H6F3O2/c1-12-6-3-2-4-7(5-6)13-8(9,10)11/h3-5H,1H3. The fourth-order valence-corrected chi connectivity index (χ4v) is 0.740. The fraction of sp³-hybridized carbons (Fsp3) is 0.250. The van der Waals surface area contributed by atoms with Crippen molar-refractivity contribution in [1.29, 1.82) is 0 Å². The Bertz CT molecular complexity index is 283. The first-order valence-electron chi connectivity index (χ1n) is 3.32. The van der Waals surface area contributed by atoms with Crippen LogP contribution in [0.15, 0.2) is 18.2 Å². The van der Waals surface area contributed by atoms with Crippen LogP contribution in [0.1, 0.15) is 0 Å². The van der Waals surface area contributed by atoms with Gasteiger partial charge in [-0.25, -0.2) is 0 Å². The molecule has 0 spiro atoms. The predicted molar refractivity (Wildman–Crippen MR) is 38.5 cm³/mol. The molecule has 1 aromatic carbocycles. The lowest BCUT2D eigenvalue weighted by Crippen LogP contribution is -2.17. The fourth-order valence-electron chi connectivity index (χ4n) is 0.740. The van der Waals surface area contributed by atoms with Gasteiger partial charge >= 0.3 is 6.36 Å². The van der Waals surface area contributed by atoms with E-state index in [1.165, 1.54) is 13.2 Å². The van der Waals surface area contributed by atoms with E-state index in [4.69, 9.17) is 4.74 Å². The molecule has 0 saturated heterocycles. The molecule has 1 rings (SSSR count). The molecule has 1 aromatic rings. The molecular formula is C8H6F3O2. The molecule has 0 fully saturated rings. The first kappa shape index (κ1) is 9.70. The maximum absolute atomic E-state index is 11.7. The van der Waals surface area contributed by atoms with Gasteiger partial charge in [0, 0.05) is 6.07 Å². The molecule has 0 atom stereocenters. The van der Waals surface area contributed by atoms with Gasteiger partial charge in [-0.2, -0.15) is 0 Å². The van der Waals surface area contributed by atoms with Gasteiger partial charge in [0.2, 0.25) is 0 Å². The zero-order valence-corrected chi connectivity index (χ0v) is 6.68. The molecule has 0 heterocycles. The highest BCUT2D eigenvalue weighted by atomic mass is 19.4. The van der Waals surface area contributed by atoms with Gasteiger partial charge in [-0.15, -0.1) is 13.2 Å². The maximum Gasteiger partial charge on any atom is 0.573 e. The SMILES string of the molecule is COc1c[c]cc(OC(F)(F)F)c1. The molecule has 0 aromatic heterocycles. The second-order valence-corrected chi connectivity index (χ2v) is 2.16. The molecule has 0 saturated carbocycles. The summed E-state index contributed by atoms with van der Waals surface area (Å²) in [4.78, 5) is 0. The number of hydrogen-bond acceptors (Lipinski definition) is 2. The smallest absolute Gasteiger partial charge is 0.497 e.